The summed E-state index contributed by atoms with van der Waals surface area (Å²) in [6, 6.07) is 0. The van der Waals surface area contributed by atoms with E-state index in [9.17, 15) is 4.79 Å². The molecule has 3 nitrogen and oxygen atoms in total. The number of Topliss-reactive ketones (excluding diaryl/α,β-unsaturated/α-hetero) is 1. The van der Waals surface area contributed by atoms with E-state index in [0.717, 1.165) is 32.2 Å². The van der Waals surface area contributed by atoms with Gasteiger partial charge in [-0.25, -0.2) is 0 Å². The van der Waals surface area contributed by atoms with E-state index < -0.39 is 0 Å². The van der Waals surface area contributed by atoms with Crippen molar-refractivity contribution < 1.29 is 9.90 Å². The zero-order chi connectivity index (χ0) is 8.97. The molecule has 1 heterocycles. The number of ketones is 1. The Balaban J connectivity index is 2.59. The summed E-state index contributed by atoms with van der Waals surface area (Å²) >= 11 is 0. The van der Waals surface area contributed by atoms with Crippen LogP contribution >= 0.6 is 0 Å². The van der Waals surface area contributed by atoms with Crippen LogP contribution in [0.3, 0.4) is 0 Å². The van der Waals surface area contributed by atoms with E-state index in [1.165, 1.54) is 13.3 Å². The Hall–Kier alpha value is -0.990. The van der Waals surface area contributed by atoms with Gasteiger partial charge in [0, 0.05) is 20.0 Å². The Bertz CT molecular complexity index is 193. The zero-order valence-electron chi connectivity index (χ0n) is 7.42. The molecule has 1 aliphatic heterocycles. The summed E-state index contributed by atoms with van der Waals surface area (Å²) < 4.78 is 0. The van der Waals surface area contributed by atoms with Crippen LogP contribution in [-0.4, -0.2) is 28.9 Å². The molecule has 0 saturated carbocycles. The molecule has 0 spiro atoms. The molecule has 0 bridgehead atoms. The van der Waals surface area contributed by atoms with Crippen LogP contribution < -0.4 is 0 Å². The standard InChI is InChI=1S/C9H15NO2/c1-8(12)9(7-11)10-5-3-2-4-6-10/h7,11H,2-6H2,1H3/b9-7-. The molecule has 1 saturated heterocycles. The van der Waals surface area contributed by atoms with Crippen LogP contribution in [0, 0.1) is 0 Å². The summed E-state index contributed by atoms with van der Waals surface area (Å²) in [5.74, 6) is -0.0561. The first-order chi connectivity index (χ1) is 5.75. The Morgan fingerprint density at radius 2 is 1.92 bits per heavy atom. The second kappa shape index (κ2) is 4.14. The van der Waals surface area contributed by atoms with Crippen LogP contribution in [0.15, 0.2) is 12.0 Å². The van der Waals surface area contributed by atoms with Gasteiger partial charge in [-0.3, -0.25) is 4.79 Å². The number of aliphatic hydroxyl groups is 1. The number of hydrogen-bond acceptors (Lipinski definition) is 3. The molecule has 3 heteroatoms. The van der Waals surface area contributed by atoms with Crippen molar-refractivity contribution in [1.82, 2.24) is 4.90 Å². The van der Waals surface area contributed by atoms with Gasteiger partial charge in [-0.15, -0.1) is 0 Å². The van der Waals surface area contributed by atoms with Gasteiger partial charge in [-0.05, 0) is 19.3 Å². The van der Waals surface area contributed by atoms with Crippen LogP contribution in [0.2, 0.25) is 0 Å². The first-order valence-corrected chi connectivity index (χ1v) is 4.36. The average Bonchev–Trinajstić information content (AvgIpc) is 2.07. The number of allylic oxidation sites excluding steroid dienone is 1. The normalized spacial score (nSPS) is 19.4. The van der Waals surface area contributed by atoms with Crippen LogP contribution in [0.1, 0.15) is 26.2 Å². The highest BCUT2D eigenvalue weighted by Crippen LogP contribution is 2.14. The number of carbonyl (C=O) groups is 1. The van der Waals surface area contributed by atoms with Crippen molar-refractivity contribution >= 4 is 5.78 Å². The van der Waals surface area contributed by atoms with E-state index in [2.05, 4.69) is 0 Å². The van der Waals surface area contributed by atoms with Gasteiger partial charge in [-0.2, -0.15) is 0 Å². The van der Waals surface area contributed by atoms with Gasteiger partial charge in [0.05, 0.1) is 0 Å². The van der Waals surface area contributed by atoms with Gasteiger partial charge in [0.15, 0.2) is 5.78 Å². The molecule has 0 aliphatic carbocycles. The molecule has 1 fully saturated rings. The Morgan fingerprint density at radius 3 is 2.33 bits per heavy atom. The fourth-order valence-electron chi connectivity index (χ4n) is 1.53. The molecule has 0 atom stereocenters. The van der Waals surface area contributed by atoms with Crippen molar-refractivity contribution in [3.05, 3.63) is 12.0 Å². The third-order valence-corrected chi connectivity index (χ3v) is 2.18. The van der Waals surface area contributed by atoms with Crippen LogP contribution in [0.5, 0.6) is 0 Å². The molecule has 0 unspecified atom stereocenters. The van der Waals surface area contributed by atoms with Gasteiger partial charge in [-0.1, -0.05) is 0 Å². The summed E-state index contributed by atoms with van der Waals surface area (Å²) in [6.45, 7) is 3.27. The number of aliphatic hydroxyl groups excluding tert-OH is 1. The Kier molecular flexibility index (Phi) is 3.14. The number of hydrogen-bond donors (Lipinski definition) is 1. The van der Waals surface area contributed by atoms with E-state index in [4.69, 9.17) is 5.11 Å². The van der Waals surface area contributed by atoms with E-state index in [0.29, 0.717) is 5.70 Å². The van der Waals surface area contributed by atoms with Crippen molar-refractivity contribution in [3.8, 4) is 0 Å². The number of piperidine rings is 1. The Labute approximate surface area is 72.7 Å². The molecular weight excluding hydrogens is 154 g/mol. The van der Waals surface area contributed by atoms with Crippen LogP contribution in [0.4, 0.5) is 0 Å². The summed E-state index contributed by atoms with van der Waals surface area (Å²) in [7, 11) is 0. The average molecular weight is 169 g/mol. The molecule has 1 aliphatic rings. The minimum atomic E-state index is -0.0561. The van der Waals surface area contributed by atoms with E-state index in [1.54, 1.807) is 0 Å². The lowest BCUT2D eigenvalue weighted by Gasteiger charge is -2.28. The number of nitrogens with zero attached hydrogens (tertiary/aromatic N) is 1. The van der Waals surface area contributed by atoms with Gasteiger partial charge in [0.2, 0.25) is 0 Å². The zero-order valence-corrected chi connectivity index (χ0v) is 7.42. The minimum Gasteiger partial charge on any atom is -0.513 e. The monoisotopic (exact) mass is 169 g/mol. The van der Waals surface area contributed by atoms with E-state index >= 15 is 0 Å². The molecule has 0 radical (unpaired) electrons. The summed E-state index contributed by atoms with van der Waals surface area (Å²) in [5.41, 5.74) is 0.453. The first kappa shape index (κ1) is 9.10. The highest BCUT2D eigenvalue weighted by atomic mass is 16.2. The van der Waals surface area contributed by atoms with Gasteiger partial charge in [0.25, 0.3) is 0 Å². The number of rotatable bonds is 2. The molecule has 0 aromatic carbocycles. The maximum absolute atomic E-state index is 11.0. The van der Waals surface area contributed by atoms with Crippen molar-refractivity contribution in [2.45, 2.75) is 26.2 Å². The SMILES string of the molecule is CC(=O)/C(=C/O)N1CCCCC1. The van der Waals surface area contributed by atoms with E-state index in [-0.39, 0.29) is 5.78 Å². The van der Waals surface area contributed by atoms with Crippen LogP contribution in [0.25, 0.3) is 0 Å². The minimum absolute atomic E-state index is 0.0561. The molecule has 12 heavy (non-hydrogen) atoms. The topological polar surface area (TPSA) is 40.5 Å². The Morgan fingerprint density at radius 1 is 1.33 bits per heavy atom. The first-order valence-electron chi connectivity index (χ1n) is 4.36. The van der Waals surface area contributed by atoms with Crippen molar-refractivity contribution in [1.29, 1.82) is 0 Å². The van der Waals surface area contributed by atoms with Crippen LogP contribution in [-0.2, 0) is 4.79 Å². The largest absolute Gasteiger partial charge is 0.513 e. The second-order valence-corrected chi connectivity index (χ2v) is 3.12. The van der Waals surface area contributed by atoms with E-state index in [1.807, 2.05) is 4.90 Å². The fourth-order valence-corrected chi connectivity index (χ4v) is 1.53. The molecule has 1 rings (SSSR count). The lowest BCUT2D eigenvalue weighted by Crippen LogP contribution is -2.31. The van der Waals surface area contributed by atoms with Gasteiger partial charge >= 0.3 is 0 Å². The highest BCUT2D eigenvalue weighted by Gasteiger charge is 2.16. The molecule has 0 aromatic rings. The smallest absolute Gasteiger partial charge is 0.178 e. The highest BCUT2D eigenvalue weighted by molar-refractivity contribution is 5.92. The molecular formula is C9H15NO2. The molecule has 0 aromatic heterocycles. The lowest BCUT2D eigenvalue weighted by atomic mass is 10.1. The molecule has 1 N–H and O–H groups in total. The number of likely N-dealkylation sites (tertiary alicyclic amines) is 1. The predicted octanol–water partition coefficient (Wildman–Crippen LogP) is 1.46. The maximum atomic E-state index is 11.0. The lowest BCUT2D eigenvalue weighted by molar-refractivity contribution is -0.115. The molecule has 0 amide bonds. The summed E-state index contributed by atoms with van der Waals surface area (Å²) in [6.07, 6.45) is 4.38. The van der Waals surface area contributed by atoms with Gasteiger partial charge < -0.3 is 10.0 Å². The molecule has 68 valence electrons. The summed E-state index contributed by atoms with van der Waals surface area (Å²) in [4.78, 5) is 13.0. The third-order valence-electron chi connectivity index (χ3n) is 2.18. The van der Waals surface area contributed by atoms with Gasteiger partial charge in [0.1, 0.15) is 12.0 Å². The van der Waals surface area contributed by atoms with Crippen molar-refractivity contribution in [3.63, 3.8) is 0 Å². The van der Waals surface area contributed by atoms with Crippen molar-refractivity contribution in [2.75, 3.05) is 13.1 Å². The van der Waals surface area contributed by atoms with Crippen molar-refractivity contribution in [2.24, 2.45) is 0 Å². The maximum Gasteiger partial charge on any atom is 0.178 e. The third kappa shape index (κ3) is 2.00. The predicted molar refractivity (Wildman–Crippen MR) is 46.8 cm³/mol. The quantitative estimate of drug-likeness (QED) is 0.502. The second-order valence-electron chi connectivity index (χ2n) is 3.12. The number of carbonyl (C=O) groups excluding carboxylic acids is 1. The fraction of sp³-hybridized carbons (Fsp3) is 0.667. The summed E-state index contributed by atoms with van der Waals surface area (Å²) in [5, 5.41) is 8.82.